The van der Waals surface area contributed by atoms with Gasteiger partial charge in [-0.3, -0.25) is 0 Å². The average Bonchev–Trinajstić information content (AvgIpc) is 2.91. The van der Waals surface area contributed by atoms with E-state index < -0.39 is 11.9 Å². The molecule has 0 fully saturated rings. The lowest BCUT2D eigenvalue weighted by atomic mass is 9.98. The largest absolute Gasteiger partial charge is 0.383 e. The van der Waals surface area contributed by atoms with Gasteiger partial charge in [0.15, 0.2) is 0 Å². The van der Waals surface area contributed by atoms with Crippen molar-refractivity contribution in [2.24, 2.45) is 0 Å². The molecule has 0 aliphatic carbocycles. The number of aromatic nitrogens is 3. The normalized spacial score (nSPS) is 16.1. The smallest absolute Gasteiger partial charge is 0.232 e. The van der Waals surface area contributed by atoms with Crippen LogP contribution in [0.25, 0.3) is 0 Å². The van der Waals surface area contributed by atoms with E-state index in [2.05, 4.69) is 10.1 Å². The van der Waals surface area contributed by atoms with Crippen molar-refractivity contribution in [1.82, 2.24) is 14.8 Å². The maximum Gasteiger partial charge on any atom is 0.232 e. The maximum absolute atomic E-state index is 15.0. The third kappa shape index (κ3) is 2.59. The molecule has 0 aliphatic rings. The van der Waals surface area contributed by atoms with Crippen LogP contribution >= 0.6 is 23.2 Å². The summed E-state index contributed by atoms with van der Waals surface area (Å²) in [5.41, 5.74) is 0.255. The monoisotopic (exact) mass is 303 g/mol. The van der Waals surface area contributed by atoms with Gasteiger partial charge in [0.05, 0.1) is 0 Å². The van der Waals surface area contributed by atoms with E-state index in [9.17, 15) is 9.50 Å². The van der Waals surface area contributed by atoms with Gasteiger partial charge in [-0.25, -0.2) is 14.1 Å². The molecule has 4 nitrogen and oxygen atoms in total. The fourth-order valence-electron chi connectivity index (χ4n) is 1.84. The van der Waals surface area contributed by atoms with E-state index in [1.807, 2.05) is 0 Å². The van der Waals surface area contributed by atoms with Crippen LogP contribution in [0.15, 0.2) is 30.9 Å². The van der Waals surface area contributed by atoms with Gasteiger partial charge in [-0.15, -0.1) is 0 Å². The minimum absolute atomic E-state index is 0.0104. The van der Waals surface area contributed by atoms with Crippen LogP contribution in [-0.4, -0.2) is 19.9 Å². The van der Waals surface area contributed by atoms with E-state index in [1.165, 1.54) is 24.8 Å². The summed E-state index contributed by atoms with van der Waals surface area (Å²) < 4.78 is 16.0. The van der Waals surface area contributed by atoms with Crippen LogP contribution in [0.3, 0.4) is 0 Å². The number of halogens is 3. The van der Waals surface area contributed by atoms with Crippen molar-refractivity contribution in [2.45, 2.75) is 25.2 Å². The van der Waals surface area contributed by atoms with Gasteiger partial charge in [0, 0.05) is 22.0 Å². The van der Waals surface area contributed by atoms with Crippen LogP contribution in [0.1, 0.15) is 25.0 Å². The van der Waals surface area contributed by atoms with Gasteiger partial charge >= 0.3 is 0 Å². The van der Waals surface area contributed by atoms with Gasteiger partial charge in [-0.05, 0) is 12.1 Å². The second-order valence-corrected chi connectivity index (χ2v) is 4.92. The lowest BCUT2D eigenvalue weighted by molar-refractivity contribution is -0.0829. The number of aliphatic hydroxyl groups excluding tert-OH is 1. The zero-order valence-corrected chi connectivity index (χ0v) is 11.6. The summed E-state index contributed by atoms with van der Waals surface area (Å²) in [6.07, 6.45) is 0.969. The zero-order chi connectivity index (χ0) is 14.0. The Hall–Kier alpha value is -1.17. The molecule has 2 atom stereocenters. The van der Waals surface area contributed by atoms with Crippen LogP contribution in [0, 0.1) is 0 Å². The third-order valence-corrected chi connectivity index (χ3v) is 3.53. The number of alkyl halides is 1. The average molecular weight is 304 g/mol. The van der Waals surface area contributed by atoms with Crippen molar-refractivity contribution in [3.8, 4) is 0 Å². The van der Waals surface area contributed by atoms with E-state index >= 15 is 0 Å². The summed E-state index contributed by atoms with van der Waals surface area (Å²) in [7, 11) is 0. The van der Waals surface area contributed by atoms with E-state index in [-0.39, 0.29) is 17.0 Å². The quantitative estimate of drug-likeness (QED) is 0.942. The molecule has 19 heavy (non-hydrogen) atoms. The number of hydrogen-bond acceptors (Lipinski definition) is 3. The van der Waals surface area contributed by atoms with Crippen molar-refractivity contribution >= 4 is 23.2 Å². The first-order valence-electron chi connectivity index (χ1n) is 5.66. The molecule has 0 saturated carbocycles. The molecule has 0 bridgehead atoms. The molecule has 2 rings (SSSR count). The molecule has 1 heterocycles. The summed E-state index contributed by atoms with van der Waals surface area (Å²) >= 11 is 11.8. The predicted octanol–water partition coefficient (Wildman–Crippen LogP) is 3.35. The molecular formula is C12H12Cl2FN3O. The second-order valence-electron chi connectivity index (χ2n) is 4.08. The van der Waals surface area contributed by atoms with Gasteiger partial charge < -0.3 is 5.11 Å². The Kier molecular flexibility index (Phi) is 4.08. The molecule has 0 spiro atoms. The molecule has 102 valence electrons. The zero-order valence-electron chi connectivity index (χ0n) is 10.1. The fraction of sp³-hybridized carbons (Fsp3) is 0.333. The summed E-state index contributed by atoms with van der Waals surface area (Å²) in [5.74, 6) is -2.12. The van der Waals surface area contributed by atoms with Gasteiger partial charge in [0.2, 0.25) is 5.79 Å². The first-order chi connectivity index (χ1) is 8.99. The highest BCUT2D eigenvalue weighted by molar-refractivity contribution is 6.35. The molecule has 1 aromatic heterocycles. The molecule has 0 amide bonds. The standard InChI is InChI=1S/C12H12Cl2FN3O/c1-2-12(15,18-7-16-6-17-18)11(19)9-4-3-8(13)5-10(9)14/h3-7,11,19H,2H2,1H3. The molecule has 2 aromatic rings. The third-order valence-electron chi connectivity index (χ3n) is 2.97. The summed E-state index contributed by atoms with van der Waals surface area (Å²) in [6.45, 7) is 1.61. The van der Waals surface area contributed by atoms with Crippen LogP contribution < -0.4 is 0 Å². The van der Waals surface area contributed by atoms with E-state index in [4.69, 9.17) is 23.2 Å². The van der Waals surface area contributed by atoms with Crippen LogP contribution in [0.5, 0.6) is 0 Å². The topological polar surface area (TPSA) is 50.9 Å². The highest BCUT2D eigenvalue weighted by atomic mass is 35.5. The van der Waals surface area contributed by atoms with Gasteiger partial charge in [0.25, 0.3) is 0 Å². The predicted molar refractivity (Wildman–Crippen MR) is 70.8 cm³/mol. The van der Waals surface area contributed by atoms with Crippen molar-refractivity contribution in [2.75, 3.05) is 0 Å². The van der Waals surface area contributed by atoms with Crippen molar-refractivity contribution in [1.29, 1.82) is 0 Å². The van der Waals surface area contributed by atoms with Crippen LogP contribution in [0.2, 0.25) is 10.0 Å². The minimum atomic E-state index is -2.12. The van der Waals surface area contributed by atoms with Crippen molar-refractivity contribution in [3.05, 3.63) is 46.5 Å². The maximum atomic E-state index is 15.0. The summed E-state index contributed by atoms with van der Waals surface area (Å²) in [5, 5.41) is 14.7. The number of benzene rings is 1. The lowest BCUT2D eigenvalue weighted by Crippen LogP contribution is -2.35. The molecule has 0 radical (unpaired) electrons. The molecule has 1 N–H and O–H groups in total. The molecule has 7 heteroatoms. The Morgan fingerprint density at radius 3 is 2.74 bits per heavy atom. The number of nitrogens with zero attached hydrogens (tertiary/aromatic N) is 3. The fourth-order valence-corrected chi connectivity index (χ4v) is 2.35. The van der Waals surface area contributed by atoms with Crippen molar-refractivity contribution in [3.63, 3.8) is 0 Å². The van der Waals surface area contributed by atoms with E-state index in [1.54, 1.807) is 13.0 Å². The van der Waals surface area contributed by atoms with E-state index in [0.717, 1.165) is 4.68 Å². The molecular weight excluding hydrogens is 292 g/mol. The minimum Gasteiger partial charge on any atom is -0.383 e. The Morgan fingerprint density at radius 1 is 1.47 bits per heavy atom. The van der Waals surface area contributed by atoms with Crippen LogP contribution in [0.4, 0.5) is 4.39 Å². The highest BCUT2D eigenvalue weighted by Gasteiger charge is 2.41. The first kappa shape index (κ1) is 14.2. The van der Waals surface area contributed by atoms with Gasteiger partial charge in [-0.2, -0.15) is 5.10 Å². The van der Waals surface area contributed by atoms with E-state index in [0.29, 0.717) is 5.02 Å². The first-order valence-corrected chi connectivity index (χ1v) is 6.41. The Morgan fingerprint density at radius 2 is 2.21 bits per heavy atom. The second kappa shape index (κ2) is 5.45. The van der Waals surface area contributed by atoms with Crippen LogP contribution in [-0.2, 0) is 5.79 Å². The molecule has 2 unspecified atom stereocenters. The number of aliphatic hydroxyl groups is 1. The number of hydrogen-bond donors (Lipinski definition) is 1. The van der Waals surface area contributed by atoms with Gasteiger partial charge in [0.1, 0.15) is 18.8 Å². The summed E-state index contributed by atoms with van der Waals surface area (Å²) in [4.78, 5) is 3.70. The molecule has 1 aromatic carbocycles. The summed E-state index contributed by atoms with van der Waals surface area (Å²) in [6, 6.07) is 4.50. The molecule has 0 aliphatic heterocycles. The van der Waals surface area contributed by atoms with Crippen molar-refractivity contribution < 1.29 is 9.50 Å². The Balaban J connectivity index is 2.44. The molecule has 0 saturated heterocycles. The SMILES string of the molecule is CCC(F)(C(O)c1ccc(Cl)cc1Cl)n1cncn1. The highest BCUT2D eigenvalue weighted by Crippen LogP contribution is 2.39. The van der Waals surface area contributed by atoms with Gasteiger partial charge in [-0.1, -0.05) is 36.2 Å². The Bertz CT molecular complexity index is 564. The Labute approximate surface area is 119 Å². The number of rotatable bonds is 4. The lowest BCUT2D eigenvalue weighted by Gasteiger charge is -2.30.